The molecule has 0 fully saturated rings. The zero-order valence-electron chi connectivity index (χ0n) is 21.5. The second-order valence-electron chi connectivity index (χ2n) is 8.91. The number of unbranched alkanes of at least 4 members (excludes halogenated alkanes) is 2. The van der Waals surface area contributed by atoms with Gasteiger partial charge in [-0.1, -0.05) is 78.6 Å². The van der Waals surface area contributed by atoms with Crippen LogP contribution < -0.4 is 10.1 Å². The third-order valence-corrected chi connectivity index (χ3v) is 7.42. The third-order valence-electron chi connectivity index (χ3n) is 6.00. The molecule has 7 nitrogen and oxygen atoms in total. The van der Waals surface area contributed by atoms with Crippen LogP contribution in [0, 0.1) is 0 Å². The standard InChI is InChI=1S/C28H33BrN4O3S/c1-4-6-15-35-26(34)24-19(3)30-27-31-28(37-16-7-5-2)32-33(27)25(24)21-11-13-23(14-12-21)36-18-20-9-8-10-22(29)17-20/h8-14,17,25H,4-7,15-16,18H2,1-3H3,(H,30,31,32). The van der Waals surface area contributed by atoms with Crippen molar-refractivity contribution in [2.24, 2.45) is 0 Å². The molecule has 1 unspecified atom stereocenters. The van der Waals surface area contributed by atoms with Gasteiger partial charge in [0.1, 0.15) is 18.4 Å². The molecule has 1 aromatic heterocycles. The van der Waals surface area contributed by atoms with Gasteiger partial charge in [0.25, 0.3) is 0 Å². The maximum absolute atomic E-state index is 13.2. The number of carbonyl (C=O) groups excluding carboxylic acids is 1. The number of benzene rings is 2. The zero-order valence-corrected chi connectivity index (χ0v) is 23.9. The third kappa shape index (κ3) is 6.96. The monoisotopic (exact) mass is 584 g/mol. The highest BCUT2D eigenvalue weighted by Gasteiger charge is 2.35. The van der Waals surface area contributed by atoms with Crippen LogP contribution in [-0.2, 0) is 16.1 Å². The van der Waals surface area contributed by atoms with Gasteiger partial charge in [-0.15, -0.1) is 5.10 Å². The van der Waals surface area contributed by atoms with Crippen molar-refractivity contribution in [3.05, 3.63) is 75.4 Å². The van der Waals surface area contributed by atoms with Gasteiger partial charge in [-0.05, 0) is 55.2 Å². The molecule has 9 heteroatoms. The molecule has 0 radical (unpaired) electrons. The number of halogens is 1. The number of esters is 1. The fourth-order valence-electron chi connectivity index (χ4n) is 4.00. The Balaban J connectivity index is 1.60. The van der Waals surface area contributed by atoms with Gasteiger partial charge in [-0.3, -0.25) is 0 Å². The highest BCUT2D eigenvalue weighted by molar-refractivity contribution is 9.10. The highest BCUT2D eigenvalue weighted by atomic mass is 79.9. The normalized spacial score (nSPS) is 14.8. The minimum atomic E-state index is -0.447. The molecule has 0 saturated heterocycles. The molecule has 196 valence electrons. The summed E-state index contributed by atoms with van der Waals surface area (Å²) in [5.41, 5.74) is 3.26. The molecule has 0 saturated carbocycles. The summed E-state index contributed by atoms with van der Waals surface area (Å²) in [7, 11) is 0. The van der Waals surface area contributed by atoms with E-state index in [0.717, 1.165) is 58.5 Å². The number of rotatable bonds is 12. The van der Waals surface area contributed by atoms with E-state index in [1.165, 1.54) is 0 Å². The second-order valence-corrected chi connectivity index (χ2v) is 10.9. The van der Waals surface area contributed by atoms with Crippen molar-refractivity contribution in [1.82, 2.24) is 14.8 Å². The molecule has 1 aliphatic heterocycles. The van der Waals surface area contributed by atoms with Gasteiger partial charge in [-0.25, -0.2) is 9.48 Å². The van der Waals surface area contributed by atoms with Crippen LogP contribution >= 0.6 is 27.7 Å². The molecule has 1 atom stereocenters. The van der Waals surface area contributed by atoms with Crippen molar-refractivity contribution < 1.29 is 14.3 Å². The van der Waals surface area contributed by atoms with Crippen LogP contribution in [0.2, 0.25) is 0 Å². The number of anilines is 1. The maximum atomic E-state index is 13.2. The van der Waals surface area contributed by atoms with Gasteiger partial charge in [0.15, 0.2) is 0 Å². The van der Waals surface area contributed by atoms with Gasteiger partial charge in [0, 0.05) is 15.9 Å². The molecule has 3 aromatic rings. The van der Waals surface area contributed by atoms with Crippen molar-refractivity contribution in [2.45, 2.75) is 64.3 Å². The van der Waals surface area contributed by atoms with Crippen LogP contribution in [0.3, 0.4) is 0 Å². The SMILES string of the molecule is CCCCOC(=O)C1=C(C)Nc2nc(SCCCC)nn2C1c1ccc(OCc2cccc(Br)c2)cc1. The van der Waals surface area contributed by atoms with Crippen LogP contribution in [0.4, 0.5) is 5.95 Å². The lowest BCUT2D eigenvalue weighted by Crippen LogP contribution is -2.29. The Morgan fingerprint density at radius 2 is 1.92 bits per heavy atom. The molecule has 0 spiro atoms. The van der Waals surface area contributed by atoms with E-state index in [1.54, 1.807) is 16.4 Å². The number of thioether (sulfide) groups is 1. The molecule has 0 amide bonds. The van der Waals surface area contributed by atoms with Crippen LogP contribution in [0.1, 0.15) is 63.6 Å². The smallest absolute Gasteiger partial charge is 0.338 e. The number of hydrogen-bond acceptors (Lipinski definition) is 7. The number of allylic oxidation sites excluding steroid dienone is 1. The first-order chi connectivity index (χ1) is 18.0. The van der Waals surface area contributed by atoms with E-state index >= 15 is 0 Å². The van der Waals surface area contributed by atoms with Crippen LogP contribution in [0.15, 0.2) is 69.4 Å². The average Bonchev–Trinajstić information content (AvgIpc) is 3.29. The number of nitrogens with one attached hydrogen (secondary N) is 1. The lowest BCUT2D eigenvalue weighted by atomic mass is 9.96. The first kappa shape index (κ1) is 27.3. The quantitative estimate of drug-likeness (QED) is 0.138. The lowest BCUT2D eigenvalue weighted by molar-refractivity contribution is -0.139. The Hall–Kier alpha value is -2.78. The first-order valence-electron chi connectivity index (χ1n) is 12.7. The van der Waals surface area contributed by atoms with Gasteiger partial charge in [0.2, 0.25) is 11.1 Å². The Kier molecular flexibility index (Phi) is 9.68. The highest BCUT2D eigenvalue weighted by Crippen LogP contribution is 2.37. The summed E-state index contributed by atoms with van der Waals surface area (Å²) >= 11 is 5.13. The summed E-state index contributed by atoms with van der Waals surface area (Å²) in [6.45, 7) is 6.98. The predicted molar refractivity (Wildman–Crippen MR) is 151 cm³/mol. The maximum Gasteiger partial charge on any atom is 0.338 e. The van der Waals surface area contributed by atoms with Crippen molar-refractivity contribution >= 4 is 39.6 Å². The number of nitrogens with zero attached hydrogens (tertiary/aromatic N) is 3. The summed E-state index contributed by atoms with van der Waals surface area (Å²) in [6, 6.07) is 15.4. The van der Waals surface area contributed by atoms with Crippen LogP contribution in [0.5, 0.6) is 5.75 Å². The average molecular weight is 586 g/mol. The van der Waals surface area contributed by atoms with Gasteiger partial charge in [-0.2, -0.15) is 4.98 Å². The number of carbonyl (C=O) groups is 1. The molecule has 0 bridgehead atoms. The number of ether oxygens (including phenoxy) is 2. The largest absolute Gasteiger partial charge is 0.489 e. The number of aromatic nitrogens is 3. The van der Waals surface area contributed by atoms with Crippen LogP contribution in [-0.4, -0.2) is 33.1 Å². The van der Waals surface area contributed by atoms with E-state index in [2.05, 4.69) is 35.1 Å². The van der Waals surface area contributed by atoms with Crippen molar-refractivity contribution in [3.63, 3.8) is 0 Å². The zero-order chi connectivity index (χ0) is 26.2. The van der Waals surface area contributed by atoms with E-state index < -0.39 is 6.04 Å². The lowest BCUT2D eigenvalue weighted by Gasteiger charge is -2.28. The summed E-state index contributed by atoms with van der Waals surface area (Å²) in [4.78, 5) is 17.9. The fraction of sp³-hybridized carbons (Fsp3) is 0.393. The van der Waals surface area contributed by atoms with Gasteiger partial charge in [0.05, 0.1) is 12.2 Å². The van der Waals surface area contributed by atoms with E-state index in [-0.39, 0.29) is 5.97 Å². The molecular formula is C28H33BrN4O3S. The first-order valence-corrected chi connectivity index (χ1v) is 14.5. The Bertz CT molecular complexity index is 1240. The Morgan fingerprint density at radius 3 is 2.65 bits per heavy atom. The van der Waals surface area contributed by atoms with E-state index in [0.29, 0.717) is 29.9 Å². The topological polar surface area (TPSA) is 78.3 Å². The summed E-state index contributed by atoms with van der Waals surface area (Å²) in [6.07, 6.45) is 4.00. The molecular weight excluding hydrogens is 552 g/mol. The van der Waals surface area contributed by atoms with Crippen LogP contribution in [0.25, 0.3) is 0 Å². The predicted octanol–water partition coefficient (Wildman–Crippen LogP) is 7.14. The summed E-state index contributed by atoms with van der Waals surface area (Å²) in [5.74, 6) is 1.99. The van der Waals surface area contributed by atoms with E-state index in [1.807, 2.05) is 55.5 Å². The molecule has 1 aliphatic rings. The van der Waals surface area contributed by atoms with Crippen molar-refractivity contribution in [2.75, 3.05) is 17.7 Å². The van der Waals surface area contributed by atoms with Gasteiger partial charge >= 0.3 is 5.97 Å². The summed E-state index contributed by atoms with van der Waals surface area (Å²) in [5, 5.41) is 8.75. The fourth-order valence-corrected chi connectivity index (χ4v) is 5.36. The Labute approximate surface area is 231 Å². The molecule has 1 N–H and O–H groups in total. The minimum absolute atomic E-state index is 0.334. The number of hydrogen-bond donors (Lipinski definition) is 1. The molecule has 37 heavy (non-hydrogen) atoms. The Morgan fingerprint density at radius 1 is 1.14 bits per heavy atom. The number of fused-ring (bicyclic) bond motifs is 1. The van der Waals surface area contributed by atoms with E-state index in [4.69, 9.17) is 19.6 Å². The molecule has 2 heterocycles. The second kappa shape index (κ2) is 13.1. The molecule has 2 aromatic carbocycles. The molecule has 4 rings (SSSR count). The summed E-state index contributed by atoms with van der Waals surface area (Å²) < 4.78 is 14.5. The van der Waals surface area contributed by atoms with Crippen molar-refractivity contribution in [1.29, 1.82) is 0 Å². The molecule has 0 aliphatic carbocycles. The van der Waals surface area contributed by atoms with Gasteiger partial charge < -0.3 is 14.8 Å². The van der Waals surface area contributed by atoms with E-state index in [9.17, 15) is 4.79 Å². The minimum Gasteiger partial charge on any atom is -0.489 e. The van der Waals surface area contributed by atoms with Crippen molar-refractivity contribution in [3.8, 4) is 5.75 Å².